The normalized spacial score (nSPS) is 18.3. The Labute approximate surface area is 141 Å². The minimum Gasteiger partial charge on any atom is -0.350 e. The summed E-state index contributed by atoms with van der Waals surface area (Å²) in [5.41, 5.74) is 2.31. The van der Waals surface area contributed by atoms with Crippen molar-refractivity contribution in [2.75, 3.05) is 18.4 Å². The Hall–Kier alpha value is -2.47. The average Bonchev–Trinajstić information content (AvgIpc) is 3.19. The zero-order chi connectivity index (χ0) is 16.4. The molecule has 0 radical (unpaired) electrons. The summed E-state index contributed by atoms with van der Waals surface area (Å²) in [6, 6.07) is 10.6. The molecule has 24 heavy (non-hydrogen) atoms. The van der Waals surface area contributed by atoms with E-state index in [9.17, 15) is 0 Å². The molecule has 3 aromatic rings. The number of hydrogen-bond acceptors (Lipinski definition) is 5. The maximum Gasteiger partial charge on any atom is 0.222 e. The molecule has 6 nitrogen and oxygen atoms in total. The highest BCUT2D eigenvalue weighted by Gasteiger charge is 2.24. The van der Waals surface area contributed by atoms with Gasteiger partial charge in [-0.25, -0.2) is 15.0 Å². The van der Waals surface area contributed by atoms with Gasteiger partial charge in [0.05, 0.1) is 17.6 Å². The molecule has 124 valence electrons. The van der Waals surface area contributed by atoms with Crippen LogP contribution in [0.5, 0.6) is 0 Å². The van der Waals surface area contributed by atoms with Crippen molar-refractivity contribution in [3.05, 3.63) is 48.5 Å². The van der Waals surface area contributed by atoms with E-state index in [1.54, 1.807) is 12.4 Å². The lowest BCUT2D eigenvalue weighted by Gasteiger charge is -2.17. The number of fused-ring (bicyclic) bond motifs is 1. The first-order valence-corrected chi connectivity index (χ1v) is 8.53. The first-order chi connectivity index (χ1) is 11.8. The Morgan fingerprint density at radius 1 is 1.17 bits per heavy atom. The number of aromatic nitrogens is 4. The second-order valence-electron chi connectivity index (χ2n) is 6.20. The van der Waals surface area contributed by atoms with E-state index in [2.05, 4.69) is 55.9 Å². The predicted octanol–water partition coefficient (Wildman–Crippen LogP) is 2.53. The highest BCUT2D eigenvalue weighted by atomic mass is 15.2. The van der Waals surface area contributed by atoms with Gasteiger partial charge >= 0.3 is 0 Å². The number of nitrogens with zero attached hydrogens (tertiary/aromatic N) is 5. The summed E-state index contributed by atoms with van der Waals surface area (Å²) in [6.45, 7) is 6.07. The van der Waals surface area contributed by atoms with Gasteiger partial charge in [0.2, 0.25) is 5.95 Å². The van der Waals surface area contributed by atoms with Crippen molar-refractivity contribution in [3.63, 3.8) is 0 Å². The van der Waals surface area contributed by atoms with E-state index in [-0.39, 0.29) is 0 Å². The first-order valence-electron chi connectivity index (χ1n) is 8.53. The second-order valence-corrected chi connectivity index (χ2v) is 6.20. The van der Waals surface area contributed by atoms with E-state index in [0.29, 0.717) is 12.0 Å². The largest absolute Gasteiger partial charge is 0.350 e. The fourth-order valence-corrected chi connectivity index (χ4v) is 3.45. The number of hydrogen-bond donors (Lipinski definition) is 1. The van der Waals surface area contributed by atoms with E-state index < -0.39 is 0 Å². The van der Waals surface area contributed by atoms with Gasteiger partial charge in [0, 0.05) is 38.1 Å². The molecule has 1 N–H and O–H groups in total. The molecule has 1 aliphatic rings. The molecule has 0 bridgehead atoms. The third-order valence-electron chi connectivity index (χ3n) is 4.59. The van der Waals surface area contributed by atoms with Gasteiger partial charge in [-0.2, -0.15) is 0 Å². The van der Waals surface area contributed by atoms with Gasteiger partial charge in [-0.1, -0.05) is 12.1 Å². The lowest BCUT2D eigenvalue weighted by molar-refractivity contribution is 0.315. The second kappa shape index (κ2) is 6.57. The van der Waals surface area contributed by atoms with Crippen LogP contribution in [0.1, 0.15) is 19.2 Å². The van der Waals surface area contributed by atoms with Crippen molar-refractivity contribution in [2.45, 2.75) is 32.5 Å². The van der Waals surface area contributed by atoms with Gasteiger partial charge in [-0.15, -0.1) is 0 Å². The molecule has 1 fully saturated rings. The fourth-order valence-electron chi connectivity index (χ4n) is 3.45. The topological polar surface area (TPSA) is 58.9 Å². The fraction of sp³-hybridized carbons (Fsp3) is 0.389. The lowest BCUT2D eigenvalue weighted by Crippen LogP contribution is -2.27. The standard InChI is InChI=1S/C18H22N6/c1-2-24-16-7-4-3-6-15(16)22-17(24)13-23-11-8-14(12-23)21-18-19-9-5-10-20-18/h3-7,9-10,14H,2,8,11-13H2,1H3,(H,19,20,21). The quantitative estimate of drug-likeness (QED) is 0.782. The molecule has 1 aromatic carbocycles. The number of likely N-dealkylation sites (tertiary alicyclic amines) is 1. The average molecular weight is 322 g/mol. The monoisotopic (exact) mass is 322 g/mol. The number of nitrogens with one attached hydrogen (secondary N) is 1. The molecule has 4 rings (SSSR count). The van der Waals surface area contributed by atoms with Crippen LogP contribution in [0, 0.1) is 0 Å². The van der Waals surface area contributed by atoms with Crippen molar-refractivity contribution in [1.82, 2.24) is 24.4 Å². The minimum absolute atomic E-state index is 0.395. The Balaban J connectivity index is 1.45. The number of para-hydroxylation sites is 2. The van der Waals surface area contributed by atoms with Crippen molar-refractivity contribution in [2.24, 2.45) is 0 Å². The molecule has 0 amide bonds. The molecule has 2 aromatic heterocycles. The van der Waals surface area contributed by atoms with E-state index in [4.69, 9.17) is 4.98 Å². The Kier molecular flexibility index (Phi) is 4.13. The maximum absolute atomic E-state index is 4.83. The Bertz CT molecular complexity index is 813. The highest BCUT2D eigenvalue weighted by Crippen LogP contribution is 2.20. The van der Waals surface area contributed by atoms with Gasteiger partial charge < -0.3 is 9.88 Å². The molecule has 1 saturated heterocycles. The van der Waals surface area contributed by atoms with E-state index in [1.165, 1.54) is 5.52 Å². The molecule has 3 heterocycles. The number of benzene rings is 1. The Morgan fingerprint density at radius 3 is 2.83 bits per heavy atom. The molecule has 0 saturated carbocycles. The summed E-state index contributed by atoms with van der Waals surface area (Å²) >= 11 is 0. The van der Waals surface area contributed by atoms with Gasteiger partial charge in [0.1, 0.15) is 5.82 Å². The summed E-state index contributed by atoms with van der Waals surface area (Å²) in [4.78, 5) is 15.8. The molecular weight excluding hydrogens is 300 g/mol. The summed E-state index contributed by atoms with van der Waals surface area (Å²) in [6.07, 6.45) is 4.64. The van der Waals surface area contributed by atoms with Crippen molar-refractivity contribution in [1.29, 1.82) is 0 Å². The van der Waals surface area contributed by atoms with Crippen LogP contribution < -0.4 is 5.32 Å². The summed E-state index contributed by atoms with van der Waals surface area (Å²) in [5, 5.41) is 3.42. The Morgan fingerprint density at radius 2 is 2.00 bits per heavy atom. The van der Waals surface area contributed by atoms with E-state index in [1.807, 2.05) is 6.07 Å². The van der Waals surface area contributed by atoms with Gasteiger partial charge in [-0.3, -0.25) is 4.90 Å². The molecule has 1 aliphatic heterocycles. The molecular formula is C18H22N6. The van der Waals surface area contributed by atoms with E-state index >= 15 is 0 Å². The highest BCUT2D eigenvalue weighted by molar-refractivity contribution is 5.75. The lowest BCUT2D eigenvalue weighted by atomic mass is 10.3. The molecule has 1 unspecified atom stereocenters. The van der Waals surface area contributed by atoms with Crippen molar-refractivity contribution < 1.29 is 0 Å². The first kappa shape index (κ1) is 15.1. The predicted molar refractivity (Wildman–Crippen MR) is 94.7 cm³/mol. The number of anilines is 1. The number of aryl methyl sites for hydroxylation is 1. The van der Waals surface area contributed by atoms with Crippen LogP contribution in [0.3, 0.4) is 0 Å². The van der Waals surface area contributed by atoms with Crippen LogP contribution in [0.4, 0.5) is 5.95 Å². The van der Waals surface area contributed by atoms with Crippen LogP contribution in [0.15, 0.2) is 42.7 Å². The number of rotatable bonds is 5. The third kappa shape index (κ3) is 2.97. The number of imidazole rings is 1. The summed E-state index contributed by atoms with van der Waals surface area (Å²) in [5.74, 6) is 1.86. The van der Waals surface area contributed by atoms with Gasteiger partial charge in [0.25, 0.3) is 0 Å². The summed E-state index contributed by atoms with van der Waals surface area (Å²) in [7, 11) is 0. The molecule has 0 aliphatic carbocycles. The smallest absolute Gasteiger partial charge is 0.222 e. The molecule has 0 spiro atoms. The van der Waals surface area contributed by atoms with Gasteiger partial charge in [-0.05, 0) is 31.5 Å². The molecule has 1 atom stereocenters. The van der Waals surface area contributed by atoms with Crippen LogP contribution in [-0.2, 0) is 13.1 Å². The molecule has 6 heteroatoms. The van der Waals surface area contributed by atoms with Crippen molar-refractivity contribution >= 4 is 17.0 Å². The zero-order valence-corrected chi connectivity index (χ0v) is 13.9. The van der Waals surface area contributed by atoms with Crippen LogP contribution >= 0.6 is 0 Å². The summed E-state index contributed by atoms with van der Waals surface area (Å²) < 4.78 is 2.32. The van der Waals surface area contributed by atoms with E-state index in [0.717, 1.165) is 43.9 Å². The van der Waals surface area contributed by atoms with Crippen LogP contribution in [-0.4, -0.2) is 43.6 Å². The van der Waals surface area contributed by atoms with Gasteiger partial charge in [0.15, 0.2) is 0 Å². The van der Waals surface area contributed by atoms with Crippen LogP contribution in [0.25, 0.3) is 11.0 Å². The van der Waals surface area contributed by atoms with Crippen LogP contribution in [0.2, 0.25) is 0 Å². The minimum atomic E-state index is 0.395. The third-order valence-corrected chi connectivity index (χ3v) is 4.59. The SMILES string of the molecule is CCn1c(CN2CCC(Nc3ncccn3)C2)nc2ccccc21. The maximum atomic E-state index is 4.83. The zero-order valence-electron chi connectivity index (χ0n) is 13.9. The van der Waals surface area contributed by atoms with Crippen molar-refractivity contribution in [3.8, 4) is 0 Å².